The van der Waals surface area contributed by atoms with E-state index in [4.69, 9.17) is 15.6 Å². The van der Waals surface area contributed by atoms with Gasteiger partial charge in [0.15, 0.2) is 0 Å². The Hall–Kier alpha value is -3.44. The minimum Gasteiger partial charge on any atom is -0.478 e. The lowest BCUT2D eigenvalue weighted by atomic mass is 9.97. The molecule has 0 fully saturated rings. The smallest absolute Gasteiger partial charge is 0.338 e. The van der Waals surface area contributed by atoms with Gasteiger partial charge in [0.2, 0.25) is 0 Å². The van der Waals surface area contributed by atoms with Crippen LogP contribution in [0.4, 0.5) is 4.39 Å². The first-order chi connectivity index (χ1) is 10.6. The number of carboxylic acid groups (broad SMARTS) is 1. The number of rotatable bonds is 3. The molecule has 0 unspecified atom stereocenters. The quantitative estimate of drug-likeness (QED) is 0.875. The molecule has 22 heavy (non-hydrogen) atoms. The maximum absolute atomic E-state index is 13.8. The number of benzene rings is 2. The molecule has 0 aliphatic heterocycles. The zero-order chi connectivity index (χ0) is 16.1. The highest BCUT2D eigenvalue weighted by Gasteiger charge is 2.12. The van der Waals surface area contributed by atoms with E-state index in [2.05, 4.69) is 0 Å². The zero-order valence-corrected chi connectivity index (χ0v) is 11.2. The molecule has 0 saturated heterocycles. The van der Waals surface area contributed by atoms with Crippen LogP contribution in [0.1, 0.15) is 15.9 Å². The fourth-order valence-electron chi connectivity index (χ4n) is 1.99. The van der Waals surface area contributed by atoms with Crippen molar-refractivity contribution in [1.82, 2.24) is 0 Å². The van der Waals surface area contributed by atoms with Gasteiger partial charge >= 0.3 is 5.97 Å². The second-order valence-electron chi connectivity index (χ2n) is 4.37. The Morgan fingerprint density at radius 1 is 1.14 bits per heavy atom. The lowest BCUT2D eigenvalue weighted by Crippen LogP contribution is -2.00. The van der Waals surface area contributed by atoms with E-state index in [1.54, 1.807) is 36.4 Å². The van der Waals surface area contributed by atoms with Gasteiger partial charge in [0.25, 0.3) is 0 Å². The molecule has 0 amide bonds. The maximum atomic E-state index is 13.8. The van der Waals surface area contributed by atoms with Crippen LogP contribution in [-0.4, -0.2) is 11.1 Å². The van der Waals surface area contributed by atoms with Crippen molar-refractivity contribution in [2.24, 2.45) is 0 Å². The highest BCUT2D eigenvalue weighted by Crippen LogP contribution is 2.27. The molecule has 0 radical (unpaired) electrons. The number of halogens is 1. The third-order valence-electron chi connectivity index (χ3n) is 3.01. The van der Waals surface area contributed by atoms with Crippen LogP contribution in [0.2, 0.25) is 0 Å². The molecule has 106 valence electrons. The summed E-state index contributed by atoms with van der Waals surface area (Å²) in [6.07, 6.45) is 1.40. The van der Waals surface area contributed by atoms with Crippen molar-refractivity contribution in [2.45, 2.75) is 0 Å². The topological polar surface area (TPSA) is 84.9 Å². The second-order valence-corrected chi connectivity index (χ2v) is 4.37. The van der Waals surface area contributed by atoms with Gasteiger partial charge in [0.05, 0.1) is 5.56 Å². The molecule has 0 aliphatic rings. The monoisotopic (exact) mass is 292 g/mol. The summed E-state index contributed by atoms with van der Waals surface area (Å²) in [6.45, 7) is 0. The number of hydrogen-bond acceptors (Lipinski definition) is 3. The molecule has 5 heteroatoms. The minimum atomic E-state index is -1.34. The first kappa shape index (κ1) is 15.0. The van der Waals surface area contributed by atoms with Crippen LogP contribution in [0.5, 0.6) is 0 Å². The predicted octanol–water partition coefficient (Wildman–Crippen LogP) is 3.62. The van der Waals surface area contributed by atoms with Crippen LogP contribution >= 0.6 is 0 Å². The molecule has 0 aromatic heterocycles. The van der Waals surface area contributed by atoms with Crippen molar-refractivity contribution >= 4 is 12.0 Å². The summed E-state index contributed by atoms with van der Waals surface area (Å²) < 4.78 is 13.8. The third kappa shape index (κ3) is 3.00. The van der Waals surface area contributed by atoms with E-state index in [0.717, 1.165) is 6.07 Å². The number of nitriles is 2. The highest BCUT2D eigenvalue weighted by molar-refractivity contribution is 5.89. The van der Waals surface area contributed by atoms with E-state index in [9.17, 15) is 9.18 Å². The molecule has 0 aliphatic carbocycles. The average molecular weight is 292 g/mol. The number of nitrogens with zero attached hydrogens (tertiary/aromatic N) is 2. The molecule has 0 bridgehead atoms. The summed E-state index contributed by atoms with van der Waals surface area (Å²) in [4.78, 5) is 10.8. The van der Waals surface area contributed by atoms with E-state index >= 15 is 0 Å². The third-order valence-corrected chi connectivity index (χ3v) is 3.01. The van der Waals surface area contributed by atoms with Crippen LogP contribution < -0.4 is 0 Å². The van der Waals surface area contributed by atoms with Crippen molar-refractivity contribution < 1.29 is 14.3 Å². The fraction of sp³-hybridized carbons (Fsp3) is 0. The molecule has 0 spiro atoms. The molecule has 1 N–H and O–H groups in total. The van der Waals surface area contributed by atoms with Crippen LogP contribution in [0, 0.1) is 28.5 Å². The Morgan fingerprint density at radius 2 is 1.82 bits per heavy atom. The summed E-state index contributed by atoms with van der Waals surface area (Å²) in [5.41, 5.74) is 1.15. The minimum absolute atomic E-state index is 0.0740. The number of carboxylic acids is 1. The van der Waals surface area contributed by atoms with E-state index in [-0.39, 0.29) is 5.57 Å². The van der Waals surface area contributed by atoms with E-state index < -0.39 is 17.3 Å². The van der Waals surface area contributed by atoms with Crippen LogP contribution in [0.15, 0.2) is 48.0 Å². The first-order valence-corrected chi connectivity index (χ1v) is 6.21. The van der Waals surface area contributed by atoms with Crippen LogP contribution in [0.3, 0.4) is 0 Å². The van der Waals surface area contributed by atoms with Crippen molar-refractivity contribution in [3.63, 3.8) is 0 Å². The second kappa shape index (κ2) is 6.34. The number of carbonyl (C=O) groups is 1. The molecule has 0 heterocycles. The van der Waals surface area contributed by atoms with Crippen LogP contribution in [0.25, 0.3) is 17.2 Å². The first-order valence-electron chi connectivity index (χ1n) is 6.21. The Kier molecular flexibility index (Phi) is 4.31. The molecule has 0 atom stereocenters. The Morgan fingerprint density at radius 3 is 2.41 bits per heavy atom. The van der Waals surface area contributed by atoms with E-state index in [0.29, 0.717) is 16.7 Å². The van der Waals surface area contributed by atoms with Gasteiger partial charge in [-0.15, -0.1) is 0 Å². The van der Waals surface area contributed by atoms with Gasteiger partial charge in [-0.3, -0.25) is 0 Å². The van der Waals surface area contributed by atoms with Gasteiger partial charge in [0, 0.05) is 0 Å². The zero-order valence-electron chi connectivity index (χ0n) is 11.2. The number of allylic oxidation sites excluding steroid dienone is 1. The molecule has 2 aromatic carbocycles. The number of aromatic carboxylic acids is 1. The van der Waals surface area contributed by atoms with Crippen molar-refractivity contribution in [2.75, 3.05) is 0 Å². The summed E-state index contributed by atoms with van der Waals surface area (Å²) >= 11 is 0. The molecular formula is C17H9FN2O2. The average Bonchev–Trinajstić information content (AvgIpc) is 2.52. The summed E-state index contributed by atoms with van der Waals surface area (Å²) in [5.74, 6) is -2.18. The summed E-state index contributed by atoms with van der Waals surface area (Å²) in [6, 6.07) is 14.2. The standard InChI is InChI=1S/C17H9FN2O2/c18-16-8-13(5-6-15(16)17(21)22)14-4-2-1-3-12(14)7-11(9-19)10-20/h1-8H,(H,21,22). The van der Waals surface area contributed by atoms with Gasteiger partial charge in [-0.1, -0.05) is 30.3 Å². The summed E-state index contributed by atoms with van der Waals surface area (Å²) in [7, 11) is 0. The maximum Gasteiger partial charge on any atom is 0.338 e. The SMILES string of the molecule is N#CC(C#N)=Cc1ccccc1-c1ccc(C(=O)O)c(F)c1. The highest BCUT2D eigenvalue weighted by atomic mass is 19.1. The lowest BCUT2D eigenvalue weighted by molar-refractivity contribution is 0.0692. The van der Waals surface area contributed by atoms with Gasteiger partial charge in [0.1, 0.15) is 23.5 Å². The van der Waals surface area contributed by atoms with Gasteiger partial charge in [-0.2, -0.15) is 10.5 Å². The Bertz CT molecular complexity index is 842. The van der Waals surface area contributed by atoms with Gasteiger partial charge in [-0.25, -0.2) is 9.18 Å². The predicted molar refractivity (Wildman–Crippen MR) is 78.0 cm³/mol. The Labute approximate surface area is 126 Å². The Balaban J connectivity index is 2.58. The van der Waals surface area contributed by atoms with E-state index in [1.807, 2.05) is 0 Å². The van der Waals surface area contributed by atoms with Crippen molar-refractivity contribution in [3.05, 3.63) is 65.0 Å². The largest absolute Gasteiger partial charge is 0.478 e. The molecule has 2 aromatic rings. The normalized spacial score (nSPS) is 9.41. The van der Waals surface area contributed by atoms with Crippen molar-refractivity contribution in [3.8, 4) is 23.3 Å². The lowest BCUT2D eigenvalue weighted by Gasteiger charge is -2.07. The summed E-state index contributed by atoms with van der Waals surface area (Å²) in [5, 5.41) is 26.5. The molecule has 0 saturated carbocycles. The van der Waals surface area contributed by atoms with Gasteiger partial charge < -0.3 is 5.11 Å². The molecule has 2 rings (SSSR count). The fourth-order valence-corrected chi connectivity index (χ4v) is 1.99. The van der Waals surface area contributed by atoms with Crippen molar-refractivity contribution in [1.29, 1.82) is 10.5 Å². The van der Waals surface area contributed by atoms with E-state index in [1.165, 1.54) is 18.2 Å². The number of hydrogen-bond donors (Lipinski definition) is 1. The van der Waals surface area contributed by atoms with Crippen LogP contribution in [-0.2, 0) is 0 Å². The molecular weight excluding hydrogens is 283 g/mol. The molecule has 4 nitrogen and oxygen atoms in total. The van der Waals surface area contributed by atoms with Gasteiger partial charge in [-0.05, 0) is 34.9 Å².